The van der Waals surface area contributed by atoms with Crippen LogP contribution in [0.3, 0.4) is 0 Å². The van der Waals surface area contributed by atoms with Crippen molar-refractivity contribution in [1.29, 1.82) is 0 Å². The van der Waals surface area contributed by atoms with E-state index in [0.29, 0.717) is 16.1 Å². The molecule has 7 nitrogen and oxygen atoms in total. The zero-order valence-corrected chi connectivity index (χ0v) is 11.3. The lowest BCUT2D eigenvalue weighted by atomic mass is 9.93. The van der Waals surface area contributed by atoms with Crippen molar-refractivity contribution in [3.63, 3.8) is 0 Å². The first kappa shape index (κ1) is 13.6. The minimum Gasteiger partial charge on any atom is -0.382 e. The van der Waals surface area contributed by atoms with Gasteiger partial charge in [0.15, 0.2) is 5.13 Å². The Kier molecular flexibility index (Phi) is 4.20. The number of nitrogens with two attached hydrogens (primary N) is 2. The Bertz CT molecular complexity index is 483. The maximum Gasteiger partial charge on any atom is 0.265 e. The number of carbonyl (C=O) groups excluding carboxylic acids is 2. The van der Waals surface area contributed by atoms with Crippen molar-refractivity contribution in [2.75, 3.05) is 17.6 Å². The molecule has 19 heavy (non-hydrogen) atoms. The number of thiazole rings is 1. The maximum atomic E-state index is 11.8. The van der Waals surface area contributed by atoms with Gasteiger partial charge in [-0.2, -0.15) is 0 Å². The van der Waals surface area contributed by atoms with E-state index in [4.69, 9.17) is 11.5 Å². The summed E-state index contributed by atoms with van der Waals surface area (Å²) in [7, 11) is 0. The zero-order chi connectivity index (χ0) is 13.8. The van der Waals surface area contributed by atoms with Crippen LogP contribution in [0.2, 0.25) is 0 Å². The summed E-state index contributed by atoms with van der Waals surface area (Å²) in [6, 6.07) is 0.441. The fraction of sp³-hybridized carbons (Fsp3) is 0.545. The molecule has 2 rings (SSSR count). The van der Waals surface area contributed by atoms with Crippen LogP contribution < -0.4 is 22.1 Å². The van der Waals surface area contributed by atoms with E-state index in [-0.39, 0.29) is 24.7 Å². The molecule has 1 saturated carbocycles. The highest BCUT2D eigenvalue weighted by Gasteiger charge is 2.21. The first-order chi connectivity index (χ1) is 9.06. The SMILES string of the molecule is NC(=O)CCNC(=O)c1sc(NC2CCC2)nc1N. The number of hydrogen-bond acceptors (Lipinski definition) is 6. The lowest BCUT2D eigenvalue weighted by molar-refractivity contribution is -0.117. The molecule has 104 valence electrons. The first-order valence-corrected chi connectivity index (χ1v) is 6.97. The van der Waals surface area contributed by atoms with Crippen molar-refractivity contribution in [3.8, 4) is 0 Å². The molecule has 0 saturated heterocycles. The smallest absolute Gasteiger partial charge is 0.265 e. The van der Waals surface area contributed by atoms with E-state index in [0.717, 1.165) is 12.8 Å². The molecule has 0 bridgehead atoms. The van der Waals surface area contributed by atoms with Crippen molar-refractivity contribution < 1.29 is 9.59 Å². The van der Waals surface area contributed by atoms with Gasteiger partial charge in [-0.3, -0.25) is 9.59 Å². The van der Waals surface area contributed by atoms with E-state index in [9.17, 15) is 9.59 Å². The molecule has 1 aromatic heterocycles. The van der Waals surface area contributed by atoms with Gasteiger partial charge in [0.05, 0.1) is 0 Å². The van der Waals surface area contributed by atoms with Gasteiger partial charge in [-0.1, -0.05) is 11.3 Å². The molecule has 0 aromatic carbocycles. The third-order valence-electron chi connectivity index (χ3n) is 2.95. The number of rotatable bonds is 6. The van der Waals surface area contributed by atoms with E-state index in [1.165, 1.54) is 17.8 Å². The lowest BCUT2D eigenvalue weighted by Crippen LogP contribution is -2.27. The molecule has 1 aliphatic rings. The van der Waals surface area contributed by atoms with Crippen LogP contribution in [0.5, 0.6) is 0 Å². The van der Waals surface area contributed by atoms with Gasteiger partial charge in [-0.05, 0) is 19.3 Å². The Labute approximate surface area is 114 Å². The molecule has 1 heterocycles. The summed E-state index contributed by atoms with van der Waals surface area (Å²) >= 11 is 1.23. The quantitative estimate of drug-likeness (QED) is 0.597. The Balaban J connectivity index is 1.91. The topological polar surface area (TPSA) is 123 Å². The largest absolute Gasteiger partial charge is 0.382 e. The monoisotopic (exact) mass is 283 g/mol. The molecule has 1 fully saturated rings. The van der Waals surface area contributed by atoms with E-state index < -0.39 is 5.91 Å². The number of hydrogen-bond donors (Lipinski definition) is 4. The van der Waals surface area contributed by atoms with Crippen molar-refractivity contribution in [2.45, 2.75) is 31.7 Å². The second kappa shape index (κ2) is 5.87. The molecule has 0 radical (unpaired) electrons. The van der Waals surface area contributed by atoms with Crippen LogP contribution in [-0.4, -0.2) is 29.4 Å². The summed E-state index contributed by atoms with van der Waals surface area (Å²) in [6.45, 7) is 0.205. The molecule has 0 atom stereocenters. The van der Waals surface area contributed by atoms with Crippen LogP contribution in [0.15, 0.2) is 0 Å². The minimum absolute atomic E-state index is 0.109. The van der Waals surface area contributed by atoms with Crippen LogP contribution in [0.4, 0.5) is 10.9 Å². The Morgan fingerprint density at radius 3 is 2.74 bits per heavy atom. The van der Waals surface area contributed by atoms with Gasteiger partial charge in [-0.25, -0.2) is 4.98 Å². The van der Waals surface area contributed by atoms with Gasteiger partial charge in [-0.15, -0.1) is 0 Å². The molecule has 8 heteroatoms. The second-order valence-electron chi connectivity index (χ2n) is 4.48. The van der Waals surface area contributed by atoms with Crippen molar-refractivity contribution in [3.05, 3.63) is 4.88 Å². The lowest BCUT2D eigenvalue weighted by Gasteiger charge is -2.25. The van der Waals surface area contributed by atoms with Gasteiger partial charge >= 0.3 is 0 Å². The summed E-state index contributed by atoms with van der Waals surface area (Å²) < 4.78 is 0. The summed E-state index contributed by atoms with van der Waals surface area (Å²) in [4.78, 5) is 26.9. The number of nitrogens with zero attached hydrogens (tertiary/aromatic N) is 1. The molecule has 1 aromatic rings. The van der Waals surface area contributed by atoms with Crippen LogP contribution in [0.1, 0.15) is 35.4 Å². The van der Waals surface area contributed by atoms with Gasteiger partial charge < -0.3 is 22.1 Å². The van der Waals surface area contributed by atoms with Gasteiger partial charge in [0, 0.05) is 19.0 Å². The summed E-state index contributed by atoms with van der Waals surface area (Å²) in [6.07, 6.45) is 3.58. The molecule has 0 spiro atoms. The number of anilines is 2. The molecule has 1 aliphatic carbocycles. The molecular formula is C11H17N5O2S. The average molecular weight is 283 g/mol. The molecule has 6 N–H and O–H groups in total. The number of aromatic nitrogens is 1. The first-order valence-electron chi connectivity index (χ1n) is 6.15. The molecular weight excluding hydrogens is 266 g/mol. The predicted octanol–water partition coefficient (Wildman–Crippen LogP) is 0.295. The highest BCUT2D eigenvalue weighted by molar-refractivity contribution is 7.18. The van der Waals surface area contributed by atoms with E-state index in [1.807, 2.05) is 0 Å². The van der Waals surface area contributed by atoms with Crippen molar-refractivity contribution >= 4 is 34.1 Å². The van der Waals surface area contributed by atoms with Gasteiger partial charge in [0.1, 0.15) is 10.7 Å². The van der Waals surface area contributed by atoms with Crippen molar-refractivity contribution in [1.82, 2.24) is 10.3 Å². The van der Waals surface area contributed by atoms with Crippen LogP contribution in [0.25, 0.3) is 0 Å². The standard InChI is InChI=1S/C11H17N5O2S/c12-7(17)4-5-14-10(18)8-9(13)16-11(19-8)15-6-2-1-3-6/h6H,1-5,13H2,(H2,12,17)(H,14,18)(H,15,16). The number of primary amides is 1. The average Bonchev–Trinajstić information content (AvgIpc) is 2.64. The zero-order valence-electron chi connectivity index (χ0n) is 10.4. The third kappa shape index (κ3) is 3.57. The highest BCUT2D eigenvalue weighted by Crippen LogP contribution is 2.29. The third-order valence-corrected chi connectivity index (χ3v) is 3.95. The van der Waals surface area contributed by atoms with Gasteiger partial charge in [0.25, 0.3) is 5.91 Å². The number of nitrogen functional groups attached to an aromatic ring is 1. The van der Waals surface area contributed by atoms with Gasteiger partial charge in [0.2, 0.25) is 5.91 Å². The van der Waals surface area contributed by atoms with Crippen LogP contribution in [-0.2, 0) is 4.79 Å². The van der Waals surface area contributed by atoms with Crippen LogP contribution in [0, 0.1) is 0 Å². The molecule has 0 unspecified atom stereocenters. The van der Waals surface area contributed by atoms with E-state index in [1.54, 1.807) is 0 Å². The Morgan fingerprint density at radius 2 is 2.16 bits per heavy atom. The van der Waals surface area contributed by atoms with Crippen molar-refractivity contribution in [2.24, 2.45) is 5.73 Å². The minimum atomic E-state index is -0.454. The number of amides is 2. The fourth-order valence-electron chi connectivity index (χ4n) is 1.66. The summed E-state index contributed by atoms with van der Waals surface area (Å²) in [5.41, 5.74) is 10.7. The second-order valence-corrected chi connectivity index (χ2v) is 5.48. The Hall–Kier alpha value is -1.83. The predicted molar refractivity (Wildman–Crippen MR) is 73.9 cm³/mol. The molecule has 0 aliphatic heterocycles. The van der Waals surface area contributed by atoms with E-state index >= 15 is 0 Å². The summed E-state index contributed by atoms with van der Waals surface area (Å²) in [5, 5.41) is 6.50. The maximum absolute atomic E-state index is 11.8. The molecule has 2 amide bonds. The number of carbonyl (C=O) groups is 2. The normalized spacial score (nSPS) is 14.7. The fourth-order valence-corrected chi connectivity index (χ4v) is 2.54. The Morgan fingerprint density at radius 1 is 1.42 bits per heavy atom. The van der Waals surface area contributed by atoms with Crippen LogP contribution >= 0.6 is 11.3 Å². The highest BCUT2D eigenvalue weighted by atomic mass is 32.1. The number of nitrogens with one attached hydrogen (secondary N) is 2. The van der Waals surface area contributed by atoms with E-state index in [2.05, 4.69) is 15.6 Å². The summed E-state index contributed by atoms with van der Waals surface area (Å²) in [5.74, 6) is -0.564.